The van der Waals surface area contributed by atoms with Crippen molar-refractivity contribution >= 4 is 0 Å². The number of ether oxygens (including phenoxy) is 1. The number of hydrogen-bond acceptors (Lipinski definition) is 4. The number of hydrogen-bond donors (Lipinski definition) is 1. The number of benzene rings is 1. The van der Waals surface area contributed by atoms with Crippen LogP contribution in [0.2, 0.25) is 0 Å². The van der Waals surface area contributed by atoms with Gasteiger partial charge in [0, 0.05) is 31.2 Å². The van der Waals surface area contributed by atoms with Gasteiger partial charge in [0.2, 0.25) is 0 Å². The van der Waals surface area contributed by atoms with Crippen molar-refractivity contribution in [2.45, 2.75) is 25.9 Å². The summed E-state index contributed by atoms with van der Waals surface area (Å²) in [5.41, 5.74) is 8.38. The highest BCUT2D eigenvalue weighted by Crippen LogP contribution is 2.24. The van der Waals surface area contributed by atoms with Gasteiger partial charge in [0.15, 0.2) is 0 Å². The van der Waals surface area contributed by atoms with Crippen molar-refractivity contribution in [3.05, 3.63) is 29.3 Å². The summed E-state index contributed by atoms with van der Waals surface area (Å²) in [6.45, 7) is 6.49. The molecule has 0 saturated carbocycles. The molecule has 0 aromatic heterocycles. The molecule has 0 aliphatic carbocycles. The first-order chi connectivity index (χ1) is 9.99. The van der Waals surface area contributed by atoms with Gasteiger partial charge < -0.3 is 20.3 Å². The normalized spacial score (nSPS) is 21.0. The zero-order valence-electron chi connectivity index (χ0n) is 13.8. The van der Waals surface area contributed by atoms with Crippen LogP contribution < -0.4 is 10.5 Å². The third kappa shape index (κ3) is 4.43. The number of methoxy groups -OCH3 is 1. The fraction of sp³-hybridized carbons (Fsp3) is 0.647. The topological polar surface area (TPSA) is 41.7 Å². The van der Waals surface area contributed by atoms with Gasteiger partial charge in [0.25, 0.3) is 0 Å². The van der Waals surface area contributed by atoms with E-state index >= 15 is 0 Å². The van der Waals surface area contributed by atoms with E-state index in [1.54, 1.807) is 7.11 Å². The highest BCUT2D eigenvalue weighted by molar-refractivity contribution is 5.38. The molecule has 0 amide bonds. The highest BCUT2D eigenvalue weighted by Gasteiger charge is 2.21. The molecule has 4 heteroatoms. The second-order valence-electron chi connectivity index (χ2n) is 6.47. The van der Waals surface area contributed by atoms with Crippen LogP contribution in [0.5, 0.6) is 5.75 Å². The molecule has 2 rings (SSSR count). The monoisotopic (exact) mass is 291 g/mol. The SMILES string of the molecule is COc1ccc(C(C)N)cc1CN(C)CC1CCN(C)C1. The van der Waals surface area contributed by atoms with Crippen molar-refractivity contribution in [2.24, 2.45) is 11.7 Å². The summed E-state index contributed by atoms with van der Waals surface area (Å²) in [6.07, 6.45) is 1.30. The summed E-state index contributed by atoms with van der Waals surface area (Å²) in [4.78, 5) is 4.81. The molecule has 0 spiro atoms. The summed E-state index contributed by atoms with van der Waals surface area (Å²) in [6, 6.07) is 6.33. The van der Waals surface area contributed by atoms with Crippen molar-refractivity contribution in [1.82, 2.24) is 9.80 Å². The lowest BCUT2D eigenvalue weighted by Gasteiger charge is -2.22. The van der Waals surface area contributed by atoms with E-state index in [1.807, 2.05) is 13.0 Å². The highest BCUT2D eigenvalue weighted by atomic mass is 16.5. The molecule has 0 bridgehead atoms. The minimum absolute atomic E-state index is 0.0587. The Hall–Kier alpha value is -1.10. The van der Waals surface area contributed by atoms with E-state index in [4.69, 9.17) is 10.5 Å². The second kappa shape index (κ2) is 7.25. The molecular formula is C17H29N3O. The molecule has 0 radical (unpaired) electrons. The summed E-state index contributed by atoms with van der Waals surface area (Å²) in [5, 5.41) is 0. The fourth-order valence-corrected chi connectivity index (χ4v) is 3.18. The lowest BCUT2D eigenvalue weighted by atomic mass is 10.0. The Morgan fingerprint density at radius 3 is 2.81 bits per heavy atom. The van der Waals surface area contributed by atoms with E-state index < -0.39 is 0 Å². The molecule has 21 heavy (non-hydrogen) atoms. The van der Waals surface area contributed by atoms with Crippen LogP contribution in [0.3, 0.4) is 0 Å². The average molecular weight is 291 g/mol. The minimum atomic E-state index is 0.0587. The molecule has 1 heterocycles. The van der Waals surface area contributed by atoms with E-state index in [1.165, 1.54) is 30.6 Å². The maximum absolute atomic E-state index is 5.99. The summed E-state index contributed by atoms with van der Waals surface area (Å²) in [5.74, 6) is 1.73. The summed E-state index contributed by atoms with van der Waals surface area (Å²) in [7, 11) is 6.13. The molecule has 2 atom stereocenters. The van der Waals surface area contributed by atoms with Crippen LogP contribution in [-0.2, 0) is 6.54 Å². The van der Waals surface area contributed by atoms with E-state index in [2.05, 4.69) is 36.0 Å². The van der Waals surface area contributed by atoms with Crippen molar-refractivity contribution in [3.8, 4) is 5.75 Å². The number of likely N-dealkylation sites (tertiary alicyclic amines) is 1. The van der Waals surface area contributed by atoms with Crippen LogP contribution in [0.15, 0.2) is 18.2 Å². The van der Waals surface area contributed by atoms with Crippen LogP contribution >= 0.6 is 0 Å². The lowest BCUT2D eigenvalue weighted by molar-refractivity contribution is 0.263. The molecule has 2 N–H and O–H groups in total. The average Bonchev–Trinajstić information content (AvgIpc) is 2.83. The quantitative estimate of drug-likeness (QED) is 0.871. The third-order valence-corrected chi connectivity index (χ3v) is 4.33. The van der Waals surface area contributed by atoms with E-state index in [0.29, 0.717) is 0 Å². The number of rotatable bonds is 6. The predicted octanol–water partition coefficient (Wildman–Crippen LogP) is 2.10. The first kappa shape index (κ1) is 16.3. The first-order valence-electron chi connectivity index (χ1n) is 7.79. The smallest absolute Gasteiger partial charge is 0.123 e. The Morgan fingerprint density at radius 2 is 2.24 bits per heavy atom. The van der Waals surface area contributed by atoms with Crippen LogP contribution in [-0.4, -0.2) is 50.6 Å². The van der Waals surface area contributed by atoms with Gasteiger partial charge in [-0.2, -0.15) is 0 Å². The summed E-state index contributed by atoms with van der Waals surface area (Å²) < 4.78 is 5.49. The Balaban J connectivity index is 2.01. The molecule has 118 valence electrons. The van der Waals surface area contributed by atoms with Gasteiger partial charge >= 0.3 is 0 Å². The molecule has 1 fully saturated rings. The maximum Gasteiger partial charge on any atom is 0.123 e. The van der Waals surface area contributed by atoms with Gasteiger partial charge in [0.05, 0.1) is 7.11 Å². The molecule has 4 nitrogen and oxygen atoms in total. The molecular weight excluding hydrogens is 262 g/mol. The van der Waals surface area contributed by atoms with Crippen molar-refractivity contribution in [1.29, 1.82) is 0 Å². The molecule has 1 aliphatic rings. The van der Waals surface area contributed by atoms with Gasteiger partial charge in [0.1, 0.15) is 5.75 Å². The van der Waals surface area contributed by atoms with Gasteiger partial charge in [-0.15, -0.1) is 0 Å². The van der Waals surface area contributed by atoms with Crippen molar-refractivity contribution in [2.75, 3.05) is 40.8 Å². The van der Waals surface area contributed by atoms with Crippen LogP contribution in [0.4, 0.5) is 0 Å². The number of nitrogens with two attached hydrogens (primary N) is 1. The second-order valence-corrected chi connectivity index (χ2v) is 6.47. The van der Waals surface area contributed by atoms with Crippen LogP contribution in [0.25, 0.3) is 0 Å². The molecule has 1 aliphatic heterocycles. The summed E-state index contributed by atoms with van der Waals surface area (Å²) >= 11 is 0. The Bertz CT molecular complexity index is 461. The Morgan fingerprint density at radius 1 is 1.48 bits per heavy atom. The van der Waals surface area contributed by atoms with Gasteiger partial charge in [-0.3, -0.25) is 0 Å². The fourth-order valence-electron chi connectivity index (χ4n) is 3.18. The predicted molar refractivity (Wildman–Crippen MR) is 87.5 cm³/mol. The zero-order chi connectivity index (χ0) is 15.4. The van der Waals surface area contributed by atoms with Crippen LogP contribution in [0, 0.1) is 5.92 Å². The Kier molecular flexibility index (Phi) is 5.62. The van der Waals surface area contributed by atoms with Gasteiger partial charge in [-0.05, 0) is 57.6 Å². The molecule has 1 saturated heterocycles. The first-order valence-corrected chi connectivity index (χ1v) is 7.79. The minimum Gasteiger partial charge on any atom is -0.496 e. The molecule has 1 aromatic rings. The van der Waals surface area contributed by atoms with E-state index in [-0.39, 0.29) is 6.04 Å². The zero-order valence-corrected chi connectivity index (χ0v) is 13.8. The van der Waals surface area contributed by atoms with E-state index in [0.717, 1.165) is 24.8 Å². The van der Waals surface area contributed by atoms with Crippen LogP contribution in [0.1, 0.15) is 30.5 Å². The van der Waals surface area contributed by atoms with E-state index in [9.17, 15) is 0 Å². The standard InChI is InChI=1S/C17H29N3O/c1-13(18)15-5-6-17(21-4)16(9-15)12-20(3)11-14-7-8-19(2)10-14/h5-6,9,13-14H,7-8,10-12,18H2,1-4H3. The van der Waals surface area contributed by atoms with Gasteiger partial charge in [-0.25, -0.2) is 0 Å². The third-order valence-electron chi connectivity index (χ3n) is 4.33. The van der Waals surface area contributed by atoms with Crippen molar-refractivity contribution in [3.63, 3.8) is 0 Å². The maximum atomic E-state index is 5.99. The number of nitrogens with zero attached hydrogens (tertiary/aromatic N) is 2. The van der Waals surface area contributed by atoms with Gasteiger partial charge in [-0.1, -0.05) is 6.07 Å². The Labute approximate surface area is 128 Å². The lowest BCUT2D eigenvalue weighted by Crippen LogP contribution is -2.27. The molecule has 2 unspecified atom stereocenters. The largest absolute Gasteiger partial charge is 0.496 e. The molecule has 1 aromatic carbocycles. The van der Waals surface area contributed by atoms with Crippen molar-refractivity contribution < 1.29 is 4.74 Å².